The maximum absolute atomic E-state index is 13.4. The Morgan fingerprint density at radius 2 is 1.90 bits per heavy atom. The maximum atomic E-state index is 13.4. The zero-order chi connectivity index (χ0) is 14.6. The molecule has 0 saturated heterocycles. The highest BCUT2D eigenvalue weighted by Crippen LogP contribution is 2.33. The molecule has 0 bridgehead atoms. The van der Waals surface area contributed by atoms with E-state index in [0.717, 1.165) is 24.0 Å². The number of aryl methyl sites for hydroxylation is 1. The van der Waals surface area contributed by atoms with Crippen LogP contribution in [0, 0.1) is 12.7 Å². The standard InChI is InChI=1S/C17H26FNO/c1-13-7-8-15(18)11-14(13)12-16(19)17(20-2)9-5-3-4-6-10-17/h7-8,11,16H,3-6,9-10,12,19H2,1-2H3. The van der Waals surface area contributed by atoms with Crippen molar-refractivity contribution in [2.45, 2.75) is 63.5 Å². The zero-order valence-electron chi connectivity index (χ0n) is 12.6. The molecule has 112 valence electrons. The fourth-order valence-corrected chi connectivity index (χ4v) is 3.34. The summed E-state index contributed by atoms with van der Waals surface area (Å²) in [5.74, 6) is -0.190. The van der Waals surface area contributed by atoms with Crippen LogP contribution >= 0.6 is 0 Å². The number of methoxy groups -OCH3 is 1. The van der Waals surface area contributed by atoms with Crippen LogP contribution in [0.5, 0.6) is 0 Å². The Morgan fingerprint density at radius 3 is 2.50 bits per heavy atom. The molecule has 1 atom stereocenters. The van der Waals surface area contributed by atoms with Gasteiger partial charge in [0, 0.05) is 13.2 Å². The number of nitrogens with two attached hydrogens (primary N) is 1. The predicted molar refractivity (Wildman–Crippen MR) is 80.3 cm³/mol. The maximum Gasteiger partial charge on any atom is 0.123 e. The van der Waals surface area contributed by atoms with E-state index in [4.69, 9.17) is 10.5 Å². The number of rotatable bonds is 4. The third-order valence-electron chi connectivity index (χ3n) is 4.78. The van der Waals surface area contributed by atoms with Gasteiger partial charge in [0.1, 0.15) is 5.82 Å². The van der Waals surface area contributed by atoms with Crippen LogP contribution in [0.15, 0.2) is 18.2 Å². The Kier molecular flexibility index (Phi) is 5.17. The average Bonchev–Trinajstić information content (AvgIpc) is 2.69. The Labute approximate surface area is 121 Å². The molecule has 0 aromatic heterocycles. The van der Waals surface area contributed by atoms with Gasteiger partial charge in [-0.2, -0.15) is 0 Å². The van der Waals surface area contributed by atoms with E-state index in [1.807, 2.05) is 13.0 Å². The Bertz CT molecular complexity index is 439. The first-order valence-corrected chi connectivity index (χ1v) is 7.63. The van der Waals surface area contributed by atoms with E-state index in [-0.39, 0.29) is 17.5 Å². The highest BCUT2D eigenvalue weighted by molar-refractivity contribution is 5.28. The topological polar surface area (TPSA) is 35.2 Å². The first-order valence-electron chi connectivity index (χ1n) is 7.63. The Balaban J connectivity index is 2.16. The third-order valence-corrected chi connectivity index (χ3v) is 4.78. The molecule has 2 nitrogen and oxygen atoms in total. The Hall–Kier alpha value is -0.930. The monoisotopic (exact) mass is 279 g/mol. The summed E-state index contributed by atoms with van der Waals surface area (Å²) in [6, 6.07) is 4.85. The van der Waals surface area contributed by atoms with Gasteiger partial charge in [-0.15, -0.1) is 0 Å². The minimum Gasteiger partial charge on any atom is -0.377 e. The van der Waals surface area contributed by atoms with E-state index in [1.54, 1.807) is 13.2 Å². The molecule has 1 aromatic rings. The van der Waals surface area contributed by atoms with Gasteiger partial charge in [0.05, 0.1) is 5.60 Å². The van der Waals surface area contributed by atoms with Crippen LogP contribution in [0.3, 0.4) is 0 Å². The van der Waals surface area contributed by atoms with E-state index >= 15 is 0 Å². The second kappa shape index (κ2) is 6.68. The van der Waals surface area contributed by atoms with E-state index in [1.165, 1.54) is 31.7 Å². The van der Waals surface area contributed by atoms with Gasteiger partial charge < -0.3 is 10.5 Å². The lowest BCUT2D eigenvalue weighted by atomic mass is 9.82. The van der Waals surface area contributed by atoms with Gasteiger partial charge in [-0.05, 0) is 49.4 Å². The second-order valence-electron chi connectivity index (χ2n) is 6.06. The fraction of sp³-hybridized carbons (Fsp3) is 0.647. The molecule has 0 heterocycles. The molecule has 3 heteroatoms. The van der Waals surface area contributed by atoms with E-state index in [2.05, 4.69) is 0 Å². The van der Waals surface area contributed by atoms with Crippen molar-refractivity contribution < 1.29 is 9.13 Å². The number of hydrogen-bond donors (Lipinski definition) is 1. The molecule has 0 amide bonds. The number of hydrogen-bond acceptors (Lipinski definition) is 2. The van der Waals surface area contributed by atoms with Gasteiger partial charge in [0.25, 0.3) is 0 Å². The quantitative estimate of drug-likeness (QED) is 0.852. The van der Waals surface area contributed by atoms with Gasteiger partial charge in [-0.25, -0.2) is 4.39 Å². The smallest absolute Gasteiger partial charge is 0.123 e. The number of benzene rings is 1. The molecule has 0 spiro atoms. The molecule has 2 rings (SSSR count). The molecule has 1 aliphatic rings. The molecule has 1 unspecified atom stereocenters. The zero-order valence-corrected chi connectivity index (χ0v) is 12.6. The number of ether oxygens (including phenoxy) is 1. The molecule has 2 N–H and O–H groups in total. The summed E-state index contributed by atoms with van der Waals surface area (Å²) in [6.07, 6.45) is 7.57. The lowest BCUT2D eigenvalue weighted by Gasteiger charge is -2.37. The van der Waals surface area contributed by atoms with Crippen molar-refractivity contribution in [1.82, 2.24) is 0 Å². The van der Waals surface area contributed by atoms with Crippen molar-refractivity contribution in [3.8, 4) is 0 Å². The van der Waals surface area contributed by atoms with E-state index in [9.17, 15) is 4.39 Å². The van der Waals surface area contributed by atoms with Gasteiger partial charge in [0.15, 0.2) is 0 Å². The summed E-state index contributed by atoms with van der Waals surface area (Å²) >= 11 is 0. The first-order chi connectivity index (χ1) is 9.57. The summed E-state index contributed by atoms with van der Waals surface area (Å²) in [5.41, 5.74) is 8.32. The van der Waals surface area contributed by atoms with Gasteiger partial charge >= 0.3 is 0 Å². The molecular weight excluding hydrogens is 253 g/mol. The molecule has 0 radical (unpaired) electrons. The lowest BCUT2D eigenvalue weighted by Crippen LogP contribution is -2.50. The fourth-order valence-electron chi connectivity index (χ4n) is 3.34. The molecule has 1 aliphatic carbocycles. The van der Waals surface area contributed by atoms with Crippen LogP contribution in [0.4, 0.5) is 4.39 Å². The summed E-state index contributed by atoms with van der Waals surface area (Å²) in [4.78, 5) is 0. The number of halogens is 1. The molecule has 1 aromatic carbocycles. The van der Waals surface area contributed by atoms with Crippen molar-refractivity contribution >= 4 is 0 Å². The van der Waals surface area contributed by atoms with Crippen LogP contribution in [0.1, 0.15) is 49.7 Å². The van der Waals surface area contributed by atoms with E-state index < -0.39 is 0 Å². The van der Waals surface area contributed by atoms with Crippen molar-refractivity contribution in [3.05, 3.63) is 35.1 Å². The predicted octanol–water partition coefficient (Wildman–Crippen LogP) is 3.74. The van der Waals surface area contributed by atoms with Crippen LogP contribution in [-0.4, -0.2) is 18.8 Å². The second-order valence-corrected chi connectivity index (χ2v) is 6.06. The normalized spacial score (nSPS) is 20.4. The summed E-state index contributed by atoms with van der Waals surface area (Å²) in [7, 11) is 1.77. The molecule has 1 saturated carbocycles. The van der Waals surface area contributed by atoms with Crippen LogP contribution in [0.2, 0.25) is 0 Å². The molecule has 20 heavy (non-hydrogen) atoms. The summed E-state index contributed by atoms with van der Waals surface area (Å²) in [5, 5.41) is 0. The minimum atomic E-state index is -0.241. The van der Waals surface area contributed by atoms with Gasteiger partial charge in [-0.1, -0.05) is 31.7 Å². The van der Waals surface area contributed by atoms with Gasteiger partial charge in [0.2, 0.25) is 0 Å². The highest BCUT2D eigenvalue weighted by Gasteiger charge is 2.37. The van der Waals surface area contributed by atoms with Crippen molar-refractivity contribution in [2.24, 2.45) is 5.73 Å². The van der Waals surface area contributed by atoms with Crippen molar-refractivity contribution in [1.29, 1.82) is 0 Å². The van der Waals surface area contributed by atoms with Gasteiger partial charge in [-0.3, -0.25) is 0 Å². The Morgan fingerprint density at radius 1 is 1.25 bits per heavy atom. The highest BCUT2D eigenvalue weighted by atomic mass is 19.1. The van der Waals surface area contributed by atoms with Crippen molar-refractivity contribution in [2.75, 3.05) is 7.11 Å². The molecular formula is C17H26FNO. The average molecular weight is 279 g/mol. The summed E-state index contributed by atoms with van der Waals surface area (Å²) < 4.78 is 19.3. The van der Waals surface area contributed by atoms with E-state index in [0.29, 0.717) is 6.42 Å². The van der Waals surface area contributed by atoms with Crippen molar-refractivity contribution in [3.63, 3.8) is 0 Å². The molecule has 1 fully saturated rings. The SMILES string of the molecule is COC1(C(N)Cc2cc(F)ccc2C)CCCCCC1. The molecule has 0 aliphatic heterocycles. The summed E-state index contributed by atoms with van der Waals surface area (Å²) in [6.45, 7) is 2.01. The largest absolute Gasteiger partial charge is 0.377 e. The third kappa shape index (κ3) is 3.39. The lowest BCUT2D eigenvalue weighted by molar-refractivity contribution is -0.0430. The van der Waals surface area contributed by atoms with Crippen LogP contribution in [-0.2, 0) is 11.2 Å². The minimum absolute atomic E-state index is 0.0777. The van der Waals surface area contributed by atoms with Crippen LogP contribution < -0.4 is 5.73 Å². The van der Waals surface area contributed by atoms with Crippen LogP contribution in [0.25, 0.3) is 0 Å². The first kappa shape index (κ1) is 15.5.